The molecule has 0 amide bonds. The summed E-state index contributed by atoms with van der Waals surface area (Å²) in [5.74, 6) is -0.896. The Morgan fingerprint density at radius 3 is 2.42 bits per heavy atom. The van der Waals surface area contributed by atoms with Crippen molar-refractivity contribution in [2.75, 3.05) is 4.90 Å². The summed E-state index contributed by atoms with van der Waals surface area (Å²) in [7, 11) is 0. The molecule has 4 nitrogen and oxygen atoms in total. The predicted octanol–water partition coefficient (Wildman–Crippen LogP) is 6.59. The SMILES string of the molecule is FC1(F)Oc2ccc(N(Cc3ccnc4ccccc34)c3ccsc3)cc2OC1(F)F. The van der Waals surface area contributed by atoms with Gasteiger partial charge in [0, 0.05) is 35.3 Å². The van der Waals surface area contributed by atoms with Crippen molar-refractivity contribution in [3.63, 3.8) is 0 Å². The van der Waals surface area contributed by atoms with E-state index in [2.05, 4.69) is 14.5 Å². The van der Waals surface area contributed by atoms with Crippen LogP contribution in [0, 0.1) is 0 Å². The largest absolute Gasteiger partial charge is 0.507 e. The Balaban J connectivity index is 1.57. The van der Waals surface area contributed by atoms with Crippen LogP contribution >= 0.6 is 11.3 Å². The highest BCUT2D eigenvalue weighted by atomic mass is 32.1. The van der Waals surface area contributed by atoms with E-state index in [9.17, 15) is 17.6 Å². The molecule has 31 heavy (non-hydrogen) atoms. The van der Waals surface area contributed by atoms with Gasteiger partial charge in [0.2, 0.25) is 0 Å². The number of nitrogens with zero attached hydrogens (tertiary/aromatic N) is 2. The molecule has 0 saturated heterocycles. The van der Waals surface area contributed by atoms with Crippen molar-refractivity contribution in [1.29, 1.82) is 0 Å². The smallest absolute Gasteiger partial charge is 0.421 e. The summed E-state index contributed by atoms with van der Waals surface area (Å²) in [6, 6.07) is 15.4. The average molecular weight is 446 g/mol. The fourth-order valence-electron chi connectivity index (χ4n) is 3.43. The van der Waals surface area contributed by atoms with Gasteiger partial charge in [-0.2, -0.15) is 28.9 Å². The maximum Gasteiger partial charge on any atom is 0.507 e. The Bertz CT molecular complexity index is 1240. The quantitative estimate of drug-likeness (QED) is 0.331. The van der Waals surface area contributed by atoms with Gasteiger partial charge in [0.25, 0.3) is 0 Å². The number of ether oxygens (including phenoxy) is 2. The molecule has 158 valence electrons. The molecule has 2 aromatic heterocycles. The second-order valence-electron chi connectivity index (χ2n) is 6.92. The van der Waals surface area contributed by atoms with E-state index in [0.717, 1.165) is 22.2 Å². The molecule has 9 heteroatoms. The molecule has 0 N–H and O–H groups in total. The van der Waals surface area contributed by atoms with Gasteiger partial charge in [0.05, 0.1) is 11.2 Å². The Labute approximate surface area is 178 Å². The first-order valence-electron chi connectivity index (χ1n) is 9.24. The van der Waals surface area contributed by atoms with E-state index in [1.54, 1.807) is 6.20 Å². The minimum Gasteiger partial charge on any atom is -0.421 e. The number of anilines is 2. The normalized spacial score (nSPS) is 16.3. The molecular weight excluding hydrogens is 432 g/mol. The number of fused-ring (bicyclic) bond motifs is 2. The molecule has 2 aromatic carbocycles. The van der Waals surface area contributed by atoms with Gasteiger partial charge in [0.1, 0.15) is 0 Å². The van der Waals surface area contributed by atoms with Crippen LogP contribution in [-0.2, 0) is 6.54 Å². The van der Waals surface area contributed by atoms with Crippen molar-refractivity contribution in [3.05, 3.63) is 77.1 Å². The standard InChI is InChI=1S/C22H14F4N2O2S/c23-21(24)22(25,26)30-20-11-15(5-6-19(20)29-21)28(16-8-10-31-13-16)12-14-7-9-27-18-4-2-1-3-17(14)18/h1-11,13H,12H2. The van der Waals surface area contributed by atoms with Gasteiger partial charge in [-0.05, 0) is 41.3 Å². The van der Waals surface area contributed by atoms with Gasteiger partial charge in [-0.15, -0.1) is 0 Å². The first-order valence-corrected chi connectivity index (χ1v) is 10.2. The van der Waals surface area contributed by atoms with Gasteiger partial charge in [-0.3, -0.25) is 4.98 Å². The number of halogens is 4. The fourth-order valence-corrected chi connectivity index (χ4v) is 4.07. The van der Waals surface area contributed by atoms with E-state index >= 15 is 0 Å². The molecule has 0 atom stereocenters. The number of aromatic nitrogens is 1. The summed E-state index contributed by atoms with van der Waals surface area (Å²) >= 11 is 1.48. The molecule has 0 unspecified atom stereocenters. The summed E-state index contributed by atoms with van der Waals surface area (Å²) in [5, 5.41) is 4.75. The number of benzene rings is 2. The van der Waals surface area contributed by atoms with E-state index in [0.29, 0.717) is 12.2 Å². The number of pyridine rings is 1. The summed E-state index contributed by atoms with van der Waals surface area (Å²) in [5.41, 5.74) is 3.10. The lowest BCUT2D eigenvalue weighted by molar-refractivity contribution is -0.391. The van der Waals surface area contributed by atoms with Crippen LogP contribution < -0.4 is 14.4 Å². The van der Waals surface area contributed by atoms with Gasteiger partial charge in [-0.1, -0.05) is 18.2 Å². The second-order valence-corrected chi connectivity index (χ2v) is 7.70. The molecule has 0 bridgehead atoms. The molecular formula is C22H14F4N2O2S. The van der Waals surface area contributed by atoms with Crippen molar-refractivity contribution >= 4 is 33.6 Å². The fraction of sp³-hybridized carbons (Fsp3) is 0.136. The number of alkyl halides is 4. The number of rotatable bonds is 4. The molecule has 4 aromatic rings. The number of thiophene rings is 1. The summed E-state index contributed by atoms with van der Waals surface area (Å²) in [6.07, 6.45) is -7.81. The zero-order chi connectivity index (χ0) is 21.6. The maximum absolute atomic E-state index is 13.7. The Morgan fingerprint density at radius 2 is 1.65 bits per heavy atom. The second kappa shape index (κ2) is 7.12. The van der Waals surface area contributed by atoms with E-state index in [-0.39, 0.29) is 0 Å². The van der Waals surface area contributed by atoms with Gasteiger partial charge >= 0.3 is 12.2 Å². The zero-order valence-electron chi connectivity index (χ0n) is 15.8. The molecule has 1 aliphatic rings. The Hall–Kier alpha value is -3.33. The van der Waals surface area contributed by atoms with Crippen molar-refractivity contribution in [3.8, 4) is 11.5 Å². The molecule has 0 saturated carbocycles. The van der Waals surface area contributed by atoms with Crippen LogP contribution in [0.25, 0.3) is 10.9 Å². The first kappa shape index (κ1) is 19.6. The third-order valence-electron chi connectivity index (χ3n) is 4.94. The molecule has 0 spiro atoms. The molecule has 0 radical (unpaired) electrons. The first-order chi connectivity index (χ1) is 14.8. The van der Waals surface area contributed by atoms with Crippen LogP contribution in [0.2, 0.25) is 0 Å². The van der Waals surface area contributed by atoms with Crippen molar-refractivity contribution in [2.45, 2.75) is 18.8 Å². The van der Waals surface area contributed by atoms with Crippen LogP contribution in [0.4, 0.5) is 28.9 Å². The van der Waals surface area contributed by atoms with Crippen LogP contribution in [0.5, 0.6) is 11.5 Å². The van der Waals surface area contributed by atoms with Crippen molar-refractivity contribution in [1.82, 2.24) is 4.98 Å². The van der Waals surface area contributed by atoms with E-state index < -0.39 is 23.7 Å². The van der Waals surface area contributed by atoms with Crippen molar-refractivity contribution < 1.29 is 27.0 Å². The van der Waals surface area contributed by atoms with E-state index in [4.69, 9.17) is 0 Å². The molecule has 3 heterocycles. The highest BCUT2D eigenvalue weighted by molar-refractivity contribution is 7.08. The Morgan fingerprint density at radius 1 is 0.871 bits per heavy atom. The van der Waals surface area contributed by atoms with Crippen LogP contribution in [-0.4, -0.2) is 17.2 Å². The highest BCUT2D eigenvalue weighted by Gasteiger charge is 2.65. The maximum atomic E-state index is 13.7. The van der Waals surface area contributed by atoms with Crippen molar-refractivity contribution in [2.24, 2.45) is 0 Å². The third kappa shape index (κ3) is 3.44. The summed E-state index contributed by atoms with van der Waals surface area (Å²) in [4.78, 5) is 6.25. The van der Waals surface area contributed by atoms with Gasteiger partial charge in [0.15, 0.2) is 11.5 Å². The Kier molecular flexibility index (Phi) is 4.51. The van der Waals surface area contributed by atoms with Crippen LogP contribution in [0.3, 0.4) is 0 Å². The lowest BCUT2D eigenvalue weighted by atomic mass is 10.1. The van der Waals surface area contributed by atoms with Crippen LogP contribution in [0.15, 0.2) is 71.6 Å². The zero-order valence-corrected chi connectivity index (χ0v) is 16.6. The minimum atomic E-state index is -4.77. The molecule has 1 aliphatic heterocycles. The molecule has 0 fully saturated rings. The third-order valence-corrected chi connectivity index (χ3v) is 5.61. The van der Waals surface area contributed by atoms with Crippen LogP contribution in [0.1, 0.15) is 5.56 Å². The molecule has 5 rings (SSSR count). The number of hydrogen-bond donors (Lipinski definition) is 0. The van der Waals surface area contributed by atoms with Gasteiger partial charge < -0.3 is 14.4 Å². The highest BCUT2D eigenvalue weighted by Crippen LogP contribution is 2.48. The lowest BCUT2D eigenvalue weighted by Gasteiger charge is -2.33. The monoisotopic (exact) mass is 446 g/mol. The topological polar surface area (TPSA) is 34.6 Å². The van der Waals surface area contributed by atoms with Gasteiger partial charge in [-0.25, -0.2) is 0 Å². The average Bonchev–Trinajstić information content (AvgIpc) is 3.27. The predicted molar refractivity (Wildman–Crippen MR) is 109 cm³/mol. The van der Waals surface area contributed by atoms with E-state index in [1.165, 1.54) is 29.5 Å². The summed E-state index contributed by atoms with van der Waals surface area (Å²) < 4.78 is 62.8. The van der Waals surface area contributed by atoms with E-state index in [1.807, 2.05) is 52.1 Å². The summed E-state index contributed by atoms with van der Waals surface area (Å²) in [6.45, 7) is 0.395. The number of para-hydroxylation sites is 1. The minimum absolute atomic E-state index is 0.395. The molecule has 0 aliphatic carbocycles. The number of hydrogen-bond acceptors (Lipinski definition) is 5. The lowest BCUT2D eigenvalue weighted by Crippen LogP contribution is -2.52.